The molecule has 4 fully saturated rings. The maximum Gasteiger partial charge on any atom is 0.226 e. The highest BCUT2D eigenvalue weighted by Crippen LogP contribution is 2.73. The van der Waals surface area contributed by atoms with Crippen molar-refractivity contribution in [3.8, 4) is 0 Å². The lowest BCUT2D eigenvalue weighted by Gasteiger charge is -2.68. The van der Waals surface area contributed by atoms with Crippen LogP contribution in [0.3, 0.4) is 0 Å². The quantitative estimate of drug-likeness (QED) is 0.761. The molecule has 4 bridgehead atoms. The summed E-state index contributed by atoms with van der Waals surface area (Å²) in [6.07, 6.45) is 7.27. The Hall–Kier alpha value is -0.530. The summed E-state index contributed by atoms with van der Waals surface area (Å²) in [6.45, 7) is 13.6. The van der Waals surface area contributed by atoms with Crippen LogP contribution in [0.5, 0.6) is 0 Å². The minimum Gasteiger partial charge on any atom is -0.351 e. The van der Waals surface area contributed by atoms with Gasteiger partial charge in [-0.1, -0.05) is 20.8 Å². The maximum absolute atomic E-state index is 13.0. The summed E-state index contributed by atoms with van der Waals surface area (Å²) in [4.78, 5) is 13.0. The monoisotopic (exact) mass is 277 g/mol. The van der Waals surface area contributed by atoms with E-state index in [1.54, 1.807) is 0 Å². The third-order valence-electron chi connectivity index (χ3n) is 5.83. The van der Waals surface area contributed by atoms with Gasteiger partial charge in [-0.3, -0.25) is 4.79 Å². The van der Waals surface area contributed by atoms with Gasteiger partial charge < -0.3 is 5.32 Å². The number of hydrogen-bond acceptors (Lipinski definition) is 1. The van der Waals surface area contributed by atoms with E-state index in [1.807, 2.05) is 0 Å². The average Bonchev–Trinajstić information content (AvgIpc) is 2.05. The highest BCUT2D eigenvalue weighted by molar-refractivity contribution is 5.84. The van der Waals surface area contributed by atoms with E-state index in [4.69, 9.17) is 0 Å². The Morgan fingerprint density at radius 3 is 1.45 bits per heavy atom. The van der Waals surface area contributed by atoms with Crippen LogP contribution in [0, 0.1) is 21.7 Å². The molecule has 0 aromatic rings. The molecule has 2 heteroatoms. The van der Waals surface area contributed by atoms with Crippen LogP contribution in [0.25, 0.3) is 0 Å². The van der Waals surface area contributed by atoms with Crippen molar-refractivity contribution in [2.45, 2.75) is 85.6 Å². The first-order valence-corrected chi connectivity index (χ1v) is 8.20. The molecule has 4 aliphatic carbocycles. The van der Waals surface area contributed by atoms with Crippen molar-refractivity contribution < 1.29 is 4.79 Å². The third kappa shape index (κ3) is 2.19. The van der Waals surface area contributed by atoms with Gasteiger partial charge in [0.25, 0.3) is 0 Å². The van der Waals surface area contributed by atoms with Crippen molar-refractivity contribution in [3.05, 3.63) is 0 Å². The fourth-order valence-corrected chi connectivity index (χ4v) is 7.01. The highest BCUT2D eigenvalue weighted by atomic mass is 16.2. The van der Waals surface area contributed by atoms with Crippen molar-refractivity contribution in [1.29, 1.82) is 0 Å². The van der Waals surface area contributed by atoms with Gasteiger partial charge in [0.2, 0.25) is 5.91 Å². The minimum atomic E-state index is -0.122. The lowest BCUT2D eigenvalue weighted by molar-refractivity contribution is -0.192. The lowest BCUT2D eigenvalue weighted by Crippen LogP contribution is -2.64. The topological polar surface area (TPSA) is 29.1 Å². The molecule has 0 spiro atoms. The highest BCUT2D eigenvalue weighted by Gasteiger charge is 2.66. The van der Waals surface area contributed by atoms with E-state index in [2.05, 4.69) is 46.9 Å². The molecule has 20 heavy (non-hydrogen) atoms. The zero-order valence-electron chi connectivity index (χ0n) is 14.2. The Bertz CT molecular complexity index is 405. The predicted octanol–water partition coefficient (Wildman–Crippen LogP) is 4.29. The number of carbonyl (C=O) groups is 1. The van der Waals surface area contributed by atoms with Crippen LogP contribution < -0.4 is 5.32 Å². The van der Waals surface area contributed by atoms with Gasteiger partial charge in [0.1, 0.15) is 0 Å². The summed E-state index contributed by atoms with van der Waals surface area (Å²) in [5, 5.41) is 3.29. The van der Waals surface area contributed by atoms with Gasteiger partial charge in [-0.05, 0) is 75.5 Å². The minimum absolute atomic E-state index is 0.0969. The standard InChI is InChI=1S/C18H31NO/c1-14(2,3)19-13(20)18-10-15(4)7-16(5,11-18)9-17(6,8-15)12-18/h7-12H2,1-6H3,(H,19,20). The van der Waals surface area contributed by atoms with Crippen molar-refractivity contribution in [1.82, 2.24) is 5.32 Å². The van der Waals surface area contributed by atoms with Gasteiger partial charge in [-0.15, -0.1) is 0 Å². The SMILES string of the molecule is CC12CC3(C)CC(C)(C1)CC(C(=O)NC(C)(C)C)(C2)C3. The summed E-state index contributed by atoms with van der Waals surface area (Å²) in [5.41, 5.74) is 0.928. The van der Waals surface area contributed by atoms with Gasteiger partial charge in [-0.2, -0.15) is 0 Å². The summed E-state index contributed by atoms with van der Waals surface area (Å²) in [5.74, 6) is 0.327. The fourth-order valence-electron chi connectivity index (χ4n) is 7.01. The second kappa shape index (κ2) is 3.62. The molecule has 0 aromatic carbocycles. The summed E-state index contributed by atoms with van der Waals surface area (Å²) < 4.78 is 0. The maximum atomic E-state index is 13.0. The molecule has 4 rings (SSSR count). The number of hydrogen-bond donors (Lipinski definition) is 1. The van der Waals surface area contributed by atoms with E-state index in [0.29, 0.717) is 22.2 Å². The van der Waals surface area contributed by atoms with Crippen LogP contribution in [0.15, 0.2) is 0 Å². The first kappa shape index (κ1) is 14.4. The fraction of sp³-hybridized carbons (Fsp3) is 0.944. The lowest BCUT2D eigenvalue weighted by atomic mass is 9.36. The van der Waals surface area contributed by atoms with Crippen molar-refractivity contribution >= 4 is 5.91 Å². The number of rotatable bonds is 1. The van der Waals surface area contributed by atoms with Gasteiger partial charge in [0.05, 0.1) is 5.41 Å². The average molecular weight is 277 g/mol. The molecule has 0 aromatic heterocycles. The van der Waals surface area contributed by atoms with Gasteiger partial charge in [-0.25, -0.2) is 0 Å². The first-order valence-electron chi connectivity index (χ1n) is 8.20. The molecule has 4 saturated carbocycles. The van der Waals surface area contributed by atoms with E-state index in [0.717, 1.165) is 19.3 Å². The van der Waals surface area contributed by atoms with E-state index < -0.39 is 0 Å². The van der Waals surface area contributed by atoms with Crippen LogP contribution in [0.2, 0.25) is 0 Å². The van der Waals surface area contributed by atoms with Crippen LogP contribution in [0.4, 0.5) is 0 Å². The van der Waals surface area contributed by atoms with Crippen molar-refractivity contribution in [3.63, 3.8) is 0 Å². The second-order valence-corrected chi connectivity index (χ2v) is 10.5. The molecule has 0 atom stereocenters. The summed E-state index contributed by atoms with van der Waals surface area (Å²) in [7, 11) is 0. The van der Waals surface area contributed by atoms with Crippen molar-refractivity contribution in [2.75, 3.05) is 0 Å². The Labute approximate surface area is 124 Å². The van der Waals surface area contributed by atoms with E-state index in [-0.39, 0.29) is 11.0 Å². The zero-order valence-corrected chi connectivity index (χ0v) is 14.2. The molecule has 0 heterocycles. The van der Waals surface area contributed by atoms with Crippen LogP contribution in [-0.2, 0) is 4.79 Å². The number of amides is 1. The van der Waals surface area contributed by atoms with E-state index in [1.165, 1.54) is 19.3 Å². The Morgan fingerprint density at radius 2 is 1.15 bits per heavy atom. The van der Waals surface area contributed by atoms with Gasteiger partial charge >= 0.3 is 0 Å². The first-order chi connectivity index (χ1) is 8.87. The molecule has 4 aliphatic rings. The molecular weight excluding hydrogens is 246 g/mol. The molecule has 114 valence electrons. The largest absolute Gasteiger partial charge is 0.351 e. The van der Waals surface area contributed by atoms with Gasteiger partial charge in [0.15, 0.2) is 0 Å². The van der Waals surface area contributed by atoms with E-state index in [9.17, 15) is 4.79 Å². The Morgan fingerprint density at radius 1 is 0.800 bits per heavy atom. The van der Waals surface area contributed by atoms with Crippen LogP contribution >= 0.6 is 0 Å². The smallest absolute Gasteiger partial charge is 0.226 e. The molecule has 1 N–H and O–H groups in total. The number of carbonyl (C=O) groups excluding carboxylic acids is 1. The normalized spacial score (nSPS) is 50.3. The Kier molecular flexibility index (Phi) is 2.61. The molecule has 0 aliphatic heterocycles. The van der Waals surface area contributed by atoms with Gasteiger partial charge in [0, 0.05) is 5.54 Å². The molecule has 0 radical (unpaired) electrons. The number of nitrogens with one attached hydrogen (secondary N) is 1. The molecule has 2 nitrogen and oxygen atoms in total. The molecule has 0 saturated heterocycles. The second-order valence-electron chi connectivity index (χ2n) is 10.5. The Balaban J connectivity index is 1.96. The van der Waals surface area contributed by atoms with Crippen molar-refractivity contribution in [2.24, 2.45) is 21.7 Å². The molecule has 1 amide bonds. The zero-order chi connectivity index (χ0) is 15.0. The van der Waals surface area contributed by atoms with E-state index >= 15 is 0 Å². The van der Waals surface area contributed by atoms with Crippen LogP contribution in [0.1, 0.15) is 80.1 Å². The third-order valence-corrected chi connectivity index (χ3v) is 5.83. The summed E-state index contributed by atoms with van der Waals surface area (Å²) in [6, 6.07) is 0. The predicted molar refractivity (Wildman–Crippen MR) is 82.4 cm³/mol. The molecule has 0 unspecified atom stereocenters. The molecular formula is C18H31NO. The summed E-state index contributed by atoms with van der Waals surface area (Å²) >= 11 is 0. The van der Waals surface area contributed by atoms with Crippen LogP contribution in [-0.4, -0.2) is 11.4 Å².